The number of ether oxygens (including phenoxy) is 1. The van der Waals surface area contributed by atoms with Crippen molar-refractivity contribution in [3.8, 4) is 5.75 Å². The van der Waals surface area contributed by atoms with Crippen molar-refractivity contribution in [1.82, 2.24) is 0 Å². The van der Waals surface area contributed by atoms with Gasteiger partial charge in [-0.2, -0.15) is 0 Å². The topological polar surface area (TPSA) is 75.6 Å². The lowest BCUT2D eigenvalue weighted by Gasteiger charge is -2.10. The van der Waals surface area contributed by atoms with Gasteiger partial charge in [-0.25, -0.2) is 12.8 Å². The number of thiophene rings is 1. The second-order valence-electron chi connectivity index (χ2n) is 4.24. The fourth-order valence-electron chi connectivity index (χ4n) is 1.78. The van der Waals surface area contributed by atoms with Crippen LogP contribution >= 0.6 is 11.3 Å². The van der Waals surface area contributed by atoms with Crippen molar-refractivity contribution in [1.29, 1.82) is 0 Å². The number of rotatable bonds is 5. The molecule has 0 amide bonds. The molecule has 5 nitrogen and oxygen atoms in total. The van der Waals surface area contributed by atoms with Gasteiger partial charge in [0.2, 0.25) is 0 Å². The van der Waals surface area contributed by atoms with Crippen LogP contribution in [0.4, 0.5) is 10.1 Å². The zero-order chi connectivity index (χ0) is 15.6. The Morgan fingerprint density at radius 2 is 2.10 bits per heavy atom. The molecule has 0 aliphatic rings. The Bertz CT molecular complexity index is 756. The number of aryl methyl sites for hydroxylation is 1. The normalized spacial score (nSPS) is 11.4. The van der Waals surface area contributed by atoms with E-state index >= 15 is 0 Å². The molecule has 0 radical (unpaired) electrons. The van der Waals surface area contributed by atoms with Gasteiger partial charge in [0.05, 0.1) is 19.4 Å². The summed E-state index contributed by atoms with van der Waals surface area (Å²) in [7, 11) is -2.52. The molecule has 0 spiro atoms. The minimum Gasteiger partial charge on any atom is -0.497 e. The van der Waals surface area contributed by atoms with Gasteiger partial charge >= 0.3 is 0 Å². The van der Waals surface area contributed by atoms with Crippen LogP contribution in [0.5, 0.6) is 5.75 Å². The van der Waals surface area contributed by atoms with E-state index in [1.54, 1.807) is 6.92 Å². The van der Waals surface area contributed by atoms with Crippen molar-refractivity contribution in [2.75, 3.05) is 11.8 Å². The van der Waals surface area contributed by atoms with E-state index < -0.39 is 15.8 Å². The Hall–Kier alpha value is -1.64. The van der Waals surface area contributed by atoms with E-state index in [-0.39, 0.29) is 17.2 Å². The van der Waals surface area contributed by atoms with Gasteiger partial charge in [-0.05, 0) is 25.1 Å². The molecule has 8 heteroatoms. The zero-order valence-corrected chi connectivity index (χ0v) is 13.0. The third-order valence-corrected chi connectivity index (χ3v) is 5.44. The number of hydrogen-bond acceptors (Lipinski definition) is 5. The SMILES string of the molecule is COc1ccc(F)c(NS(=O)(=O)c2cc(CO)sc2C)c1. The van der Waals surface area contributed by atoms with E-state index in [1.165, 1.54) is 36.6 Å². The number of anilines is 1. The Morgan fingerprint density at radius 1 is 1.38 bits per heavy atom. The van der Waals surface area contributed by atoms with Gasteiger partial charge in [0.15, 0.2) is 0 Å². The molecule has 0 saturated carbocycles. The molecule has 0 atom stereocenters. The maximum Gasteiger partial charge on any atom is 0.263 e. The molecule has 0 fully saturated rings. The highest BCUT2D eigenvalue weighted by molar-refractivity contribution is 7.93. The van der Waals surface area contributed by atoms with Crippen molar-refractivity contribution in [3.05, 3.63) is 39.8 Å². The Labute approximate surface area is 126 Å². The summed E-state index contributed by atoms with van der Waals surface area (Å²) in [4.78, 5) is 1.08. The van der Waals surface area contributed by atoms with Crippen LogP contribution in [-0.2, 0) is 16.6 Å². The van der Waals surface area contributed by atoms with Crippen molar-refractivity contribution in [2.24, 2.45) is 0 Å². The smallest absolute Gasteiger partial charge is 0.263 e. The minimum absolute atomic E-state index is 0.0266. The van der Waals surface area contributed by atoms with Gasteiger partial charge in [-0.15, -0.1) is 11.3 Å². The number of sulfonamides is 1. The number of nitrogens with one attached hydrogen (secondary N) is 1. The van der Waals surface area contributed by atoms with E-state index in [0.29, 0.717) is 15.5 Å². The summed E-state index contributed by atoms with van der Waals surface area (Å²) in [6.45, 7) is 1.38. The summed E-state index contributed by atoms with van der Waals surface area (Å²) in [5, 5.41) is 9.06. The Kier molecular flexibility index (Phi) is 4.50. The number of aliphatic hydroxyl groups excluding tert-OH is 1. The van der Waals surface area contributed by atoms with E-state index in [4.69, 9.17) is 9.84 Å². The third kappa shape index (κ3) is 3.34. The maximum absolute atomic E-state index is 13.7. The molecule has 114 valence electrons. The van der Waals surface area contributed by atoms with Crippen LogP contribution in [0.2, 0.25) is 0 Å². The lowest BCUT2D eigenvalue weighted by Crippen LogP contribution is -2.14. The van der Waals surface area contributed by atoms with Crippen LogP contribution in [0.25, 0.3) is 0 Å². The van der Waals surface area contributed by atoms with Crippen molar-refractivity contribution >= 4 is 27.0 Å². The minimum atomic E-state index is -3.93. The summed E-state index contributed by atoms with van der Waals surface area (Å²) < 4.78 is 45.5. The first-order chi connectivity index (χ1) is 9.87. The zero-order valence-electron chi connectivity index (χ0n) is 11.4. The molecule has 0 aliphatic carbocycles. The fourth-order valence-corrected chi connectivity index (χ4v) is 4.33. The van der Waals surface area contributed by atoms with Gasteiger partial charge in [0.25, 0.3) is 10.0 Å². The van der Waals surface area contributed by atoms with Crippen LogP contribution in [0.1, 0.15) is 9.75 Å². The standard InChI is InChI=1S/C13H14FNO4S2/c1-8-13(6-10(7-16)20-8)21(17,18)15-12-5-9(19-2)3-4-11(12)14/h3-6,15-16H,7H2,1-2H3. The molecule has 1 heterocycles. The number of halogens is 1. The van der Waals surface area contributed by atoms with Crippen LogP contribution in [-0.4, -0.2) is 20.6 Å². The molecular weight excluding hydrogens is 317 g/mol. The first kappa shape index (κ1) is 15.7. The van der Waals surface area contributed by atoms with Gasteiger partial charge in [0.1, 0.15) is 16.5 Å². The molecule has 2 N–H and O–H groups in total. The van der Waals surface area contributed by atoms with Gasteiger partial charge < -0.3 is 9.84 Å². The van der Waals surface area contributed by atoms with E-state index in [0.717, 1.165) is 6.07 Å². The summed E-state index contributed by atoms with van der Waals surface area (Å²) in [5.74, 6) is -0.359. The molecular formula is C13H14FNO4S2. The third-order valence-electron chi connectivity index (χ3n) is 2.79. The number of methoxy groups -OCH3 is 1. The first-order valence-corrected chi connectivity index (χ1v) is 8.24. The molecule has 0 saturated heterocycles. The summed E-state index contributed by atoms with van der Waals surface area (Å²) in [6.07, 6.45) is 0. The molecule has 0 unspecified atom stereocenters. The summed E-state index contributed by atoms with van der Waals surface area (Å²) >= 11 is 1.18. The Balaban J connectivity index is 2.39. The molecule has 1 aromatic heterocycles. The van der Waals surface area contributed by atoms with E-state index in [2.05, 4.69) is 4.72 Å². The summed E-state index contributed by atoms with van der Waals surface area (Å²) in [5.41, 5.74) is -0.189. The first-order valence-electron chi connectivity index (χ1n) is 5.94. The van der Waals surface area contributed by atoms with Crippen LogP contribution in [0.3, 0.4) is 0 Å². The maximum atomic E-state index is 13.7. The molecule has 1 aromatic carbocycles. The average molecular weight is 331 g/mol. The van der Waals surface area contributed by atoms with Crippen LogP contribution in [0.15, 0.2) is 29.2 Å². The molecule has 21 heavy (non-hydrogen) atoms. The second-order valence-corrected chi connectivity index (χ2v) is 7.23. The molecule has 0 aliphatic heterocycles. The number of hydrogen-bond donors (Lipinski definition) is 2. The molecule has 0 bridgehead atoms. The molecule has 2 aromatic rings. The highest BCUT2D eigenvalue weighted by atomic mass is 32.2. The van der Waals surface area contributed by atoms with Crippen LogP contribution in [0, 0.1) is 12.7 Å². The highest BCUT2D eigenvalue weighted by Gasteiger charge is 2.21. The Morgan fingerprint density at radius 3 is 2.67 bits per heavy atom. The largest absolute Gasteiger partial charge is 0.497 e. The fraction of sp³-hybridized carbons (Fsp3) is 0.231. The predicted octanol–water partition coefficient (Wildman–Crippen LogP) is 2.50. The van der Waals surface area contributed by atoms with Crippen molar-refractivity contribution < 1.29 is 22.7 Å². The second kappa shape index (κ2) is 6.00. The van der Waals surface area contributed by atoms with Crippen molar-refractivity contribution in [3.63, 3.8) is 0 Å². The predicted molar refractivity (Wildman–Crippen MR) is 78.7 cm³/mol. The van der Waals surface area contributed by atoms with E-state index in [1.807, 2.05) is 0 Å². The number of benzene rings is 1. The molecule has 2 rings (SSSR count). The average Bonchev–Trinajstić information content (AvgIpc) is 2.83. The number of aliphatic hydroxyl groups is 1. The quantitative estimate of drug-likeness (QED) is 0.883. The lowest BCUT2D eigenvalue weighted by molar-refractivity contribution is 0.285. The van der Waals surface area contributed by atoms with Gasteiger partial charge in [-0.1, -0.05) is 0 Å². The van der Waals surface area contributed by atoms with Crippen LogP contribution < -0.4 is 9.46 Å². The van der Waals surface area contributed by atoms with Gasteiger partial charge in [-0.3, -0.25) is 4.72 Å². The highest BCUT2D eigenvalue weighted by Crippen LogP contribution is 2.29. The lowest BCUT2D eigenvalue weighted by atomic mass is 10.3. The van der Waals surface area contributed by atoms with E-state index in [9.17, 15) is 12.8 Å². The van der Waals surface area contributed by atoms with Crippen molar-refractivity contribution in [2.45, 2.75) is 18.4 Å². The van der Waals surface area contributed by atoms with Gasteiger partial charge in [0, 0.05) is 15.8 Å². The monoisotopic (exact) mass is 331 g/mol. The summed E-state index contributed by atoms with van der Waals surface area (Å²) in [6, 6.07) is 5.16.